The number of hydrogen-bond donors (Lipinski definition) is 0. The van der Waals surface area contributed by atoms with E-state index in [-0.39, 0.29) is 12.0 Å². The Hall–Kier alpha value is -2.02. The molecule has 3 aromatic rings. The third kappa shape index (κ3) is 4.60. The number of halogens is 1. The number of hydrogen-bond acceptors (Lipinski definition) is 2. The minimum atomic E-state index is -2.85. The number of aldehydes is 1. The highest BCUT2D eigenvalue weighted by molar-refractivity contribution is 14.1. The summed E-state index contributed by atoms with van der Waals surface area (Å²) >= 11 is 2.23. The van der Waals surface area contributed by atoms with Crippen LogP contribution in [-0.4, -0.2) is 20.7 Å². The monoisotopic (exact) mass is 512 g/mol. The first-order chi connectivity index (χ1) is 14.1. The van der Waals surface area contributed by atoms with E-state index in [2.05, 4.69) is 95.4 Å². The lowest BCUT2D eigenvalue weighted by molar-refractivity contribution is -0.112. The highest BCUT2D eigenvalue weighted by Gasteiger charge is 2.44. The second-order valence-electron chi connectivity index (χ2n) is 7.17. The van der Waals surface area contributed by atoms with Crippen LogP contribution < -0.4 is 15.6 Å². The molecule has 0 amide bonds. The maximum absolute atomic E-state index is 11.8. The van der Waals surface area contributed by atoms with Crippen molar-refractivity contribution in [1.82, 2.24) is 0 Å². The van der Waals surface area contributed by atoms with Gasteiger partial charge in [0.2, 0.25) is 0 Å². The fourth-order valence-electron chi connectivity index (χ4n) is 3.66. The van der Waals surface area contributed by atoms with Crippen LogP contribution in [0.3, 0.4) is 0 Å². The molecule has 0 radical (unpaired) electrons. The summed E-state index contributed by atoms with van der Waals surface area (Å²) in [5, 5.41) is 3.50. The Labute approximate surface area is 187 Å². The van der Waals surface area contributed by atoms with Gasteiger partial charge in [-0.15, -0.1) is 0 Å². The summed E-state index contributed by atoms with van der Waals surface area (Å²) in [7, 11) is -2.85. The van der Waals surface area contributed by atoms with E-state index in [0.717, 1.165) is 11.9 Å². The van der Waals surface area contributed by atoms with Crippen LogP contribution in [0.15, 0.2) is 101 Å². The predicted molar refractivity (Wildman–Crippen MR) is 132 cm³/mol. The zero-order valence-electron chi connectivity index (χ0n) is 16.7. The van der Waals surface area contributed by atoms with Crippen LogP contribution in [0.1, 0.15) is 13.8 Å². The van der Waals surface area contributed by atoms with Gasteiger partial charge in [0.05, 0.1) is 6.10 Å². The minimum absolute atomic E-state index is 0.246. The summed E-state index contributed by atoms with van der Waals surface area (Å²) in [5.41, 5.74) is 1.06. The summed E-state index contributed by atoms with van der Waals surface area (Å²) in [5.74, 6) is -0.246. The van der Waals surface area contributed by atoms with Gasteiger partial charge in [0.1, 0.15) is 6.29 Å². The normalized spacial score (nSPS) is 14.2. The molecular weight excluding hydrogens is 487 g/mol. The average molecular weight is 512 g/mol. The molecule has 3 aromatic carbocycles. The van der Waals surface area contributed by atoms with E-state index < -0.39 is 8.32 Å². The topological polar surface area (TPSA) is 26.3 Å². The first kappa shape index (κ1) is 21.7. The summed E-state index contributed by atoms with van der Waals surface area (Å²) in [6.45, 7) is 3.97. The van der Waals surface area contributed by atoms with Gasteiger partial charge >= 0.3 is 0 Å². The van der Waals surface area contributed by atoms with E-state index in [1.807, 2.05) is 36.1 Å². The number of rotatable bonds is 8. The first-order valence-corrected chi connectivity index (χ1v) is 12.9. The van der Waals surface area contributed by atoms with Gasteiger partial charge in [-0.3, -0.25) is 0 Å². The van der Waals surface area contributed by atoms with E-state index in [1.165, 1.54) is 15.6 Å². The Balaban J connectivity index is 2.31. The van der Waals surface area contributed by atoms with Gasteiger partial charge in [0.25, 0.3) is 8.32 Å². The molecule has 4 heteroatoms. The molecule has 2 nitrogen and oxygen atoms in total. The summed E-state index contributed by atoms with van der Waals surface area (Å²) in [6, 6.07) is 31.4. The van der Waals surface area contributed by atoms with Crippen molar-refractivity contribution in [3.05, 3.63) is 101 Å². The molecule has 0 aromatic heterocycles. The Bertz CT molecular complexity index is 846. The molecule has 0 spiro atoms. The minimum Gasteiger partial charge on any atom is -0.397 e. The maximum atomic E-state index is 11.8. The Morgan fingerprint density at radius 1 is 0.828 bits per heavy atom. The lowest BCUT2D eigenvalue weighted by atomic mass is 10.0. The molecule has 0 bridgehead atoms. The zero-order valence-corrected chi connectivity index (χ0v) is 19.8. The standard InChI is InChI=1S/C25H25IO2Si/c1-20(18-26)25(21(2)19-27)28-29(22-12-6-3-7-13-22,23-14-8-4-9-15-23)24-16-10-5-11-17-24/h3-19,21,25H,1-2H3/b20-18+/t21-,25+/m1/s1. The third-order valence-corrected chi connectivity index (χ3v) is 10.2. The van der Waals surface area contributed by atoms with Gasteiger partial charge < -0.3 is 9.22 Å². The molecule has 29 heavy (non-hydrogen) atoms. The van der Waals surface area contributed by atoms with Crippen molar-refractivity contribution in [3.63, 3.8) is 0 Å². The molecule has 0 aliphatic carbocycles. The fourth-order valence-corrected chi connectivity index (χ4v) is 8.19. The SMILES string of the molecule is C/C(=C\I)[C@H](O[Si](c1ccccc1)(c1ccccc1)c1ccccc1)[C@H](C)C=O. The molecule has 0 fully saturated rings. The molecule has 0 unspecified atom stereocenters. The van der Waals surface area contributed by atoms with Gasteiger partial charge in [0, 0.05) is 5.92 Å². The molecule has 2 atom stereocenters. The van der Waals surface area contributed by atoms with E-state index >= 15 is 0 Å². The van der Waals surface area contributed by atoms with Crippen molar-refractivity contribution < 1.29 is 9.22 Å². The molecule has 0 saturated heterocycles. The van der Waals surface area contributed by atoms with Crippen LogP contribution in [-0.2, 0) is 9.22 Å². The second-order valence-corrected chi connectivity index (χ2v) is 11.1. The molecule has 0 N–H and O–H groups in total. The maximum Gasteiger partial charge on any atom is 0.288 e. The molecule has 148 valence electrons. The van der Waals surface area contributed by atoms with E-state index in [1.54, 1.807) is 0 Å². The number of benzene rings is 3. The quantitative estimate of drug-likeness (QED) is 0.196. The molecular formula is C25H25IO2Si. The van der Waals surface area contributed by atoms with Gasteiger partial charge in [-0.2, -0.15) is 0 Å². The second kappa shape index (κ2) is 10.1. The molecule has 3 rings (SSSR count). The van der Waals surface area contributed by atoms with Crippen molar-refractivity contribution in [2.24, 2.45) is 5.92 Å². The Morgan fingerprint density at radius 2 is 1.21 bits per heavy atom. The number of carbonyl (C=O) groups is 1. The highest BCUT2D eigenvalue weighted by Crippen LogP contribution is 2.22. The largest absolute Gasteiger partial charge is 0.397 e. The predicted octanol–water partition coefficient (Wildman–Crippen LogP) is 4.21. The average Bonchev–Trinajstić information content (AvgIpc) is 2.81. The van der Waals surface area contributed by atoms with Crippen molar-refractivity contribution >= 4 is 52.8 Å². The van der Waals surface area contributed by atoms with Crippen LogP contribution in [0.25, 0.3) is 0 Å². The lowest BCUT2D eigenvalue weighted by Crippen LogP contribution is -2.70. The van der Waals surface area contributed by atoms with Gasteiger partial charge in [-0.25, -0.2) is 0 Å². The smallest absolute Gasteiger partial charge is 0.288 e. The van der Waals surface area contributed by atoms with Gasteiger partial charge in [-0.05, 0) is 32.1 Å². The summed E-state index contributed by atoms with van der Waals surface area (Å²) in [4.78, 5) is 11.8. The van der Waals surface area contributed by atoms with Crippen LogP contribution in [0.5, 0.6) is 0 Å². The molecule has 0 aliphatic heterocycles. The molecule has 0 heterocycles. The third-order valence-electron chi connectivity index (χ3n) is 5.16. The van der Waals surface area contributed by atoms with Crippen LogP contribution in [0.4, 0.5) is 0 Å². The van der Waals surface area contributed by atoms with Crippen LogP contribution in [0.2, 0.25) is 0 Å². The van der Waals surface area contributed by atoms with E-state index in [0.29, 0.717) is 0 Å². The van der Waals surface area contributed by atoms with E-state index in [9.17, 15) is 4.79 Å². The van der Waals surface area contributed by atoms with Gasteiger partial charge in [-0.1, -0.05) is 121 Å². The molecule has 0 aliphatic rings. The van der Waals surface area contributed by atoms with Crippen molar-refractivity contribution in [2.75, 3.05) is 0 Å². The van der Waals surface area contributed by atoms with Crippen LogP contribution >= 0.6 is 22.6 Å². The Morgan fingerprint density at radius 3 is 1.52 bits per heavy atom. The van der Waals surface area contributed by atoms with Crippen LogP contribution in [0, 0.1) is 5.92 Å². The first-order valence-electron chi connectivity index (χ1n) is 9.70. The van der Waals surface area contributed by atoms with E-state index in [4.69, 9.17) is 4.43 Å². The van der Waals surface area contributed by atoms with Crippen molar-refractivity contribution in [3.8, 4) is 0 Å². The Kier molecular flexibility index (Phi) is 7.58. The summed E-state index contributed by atoms with van der Waals surface area (Å²) in [6.07, 6.45) is 0.700. The van der Waals surface area contributed by atoms with Gasteiger partial charge in [0.15, 0.2) is 0 Å². The zero-order chi connectivity index (χ0) is 20.7. The lowest BCUT2D eigenvalue weighted by Gasteiger charge is -2.38. The number of carbonyl (C=O) groups excluding carboxylic acids is 1. The molecule has 0 saturated carbocycles. The summed E-state index contributed by atoms with van der Waals surface area (Å²) < 4.78 is 9.15. The van der Waals surface area contributed by atoms with Crippen molar-refractivity contribution in [2.45, 2.75) is 20.0 Å². The highest BCUT2D eigenvalue weighted by atomic mass is 127. The fraction of sp³-hybridized carbons (Fsp3) is 0.160. The van der Waals surface area contributed by atoms with Crippen molar-refractivity contribution in [1.29, 1.82) is 0 Å².